The number of ether oxygens (including phenoxy) is 2. The summed E-state index contributed by atoms with van der Waals surface area (Å²) < 4.78 is 10.5. The molecule has 21 heavy (non-hydrogen) atoms. The number of benzene rings is 1. The van der Waals surface area contributed by atoms with Crippen molar-refractivity contribution >= 4 is 5.96 Å². The van der Waals surface area contributed by atoms with Crippen LogP contribution in [0.25, 0.3) is 0 Å². The average Bonchev–Trinajstić information content (AvgIpc) is 2.51. The SMILES string of the molecule is CN=C(NCC(C)c1ccccc1OC)NC(C)COC. The van der Waals surface area contributed by atoms with E-state index in [9.17, 15) is 0 Å². The summed E-state index contributed by atoms with van der Waals surface area (Å²) in [7, 11) is 5.16. The number of methoxy groups -OCH3 is 2. The Bertz CT molecular complexity index is 449. The molecule has 0 aliphatic carbocycles. The van der Waals surface area contributed by atoms with E-state index in [0.29, 0.717) is 12.5 Å². The molecule has 5 nitrogen and oxygen atoms in total. The molecule has 0 aromatic heterocycles. The van der Waals surface area contributed by atoms with Crippen molar-refractivity contribution in [1.29, 1.82) is 0 Å². The van der Waals surface area contributed by atoms with Crippen LogP contribution >= 0.6 is 0 Å². The molecule has 2 atom stereocenters. The van der Waals surface area contributed by atoms with Crippen LogP contribution in [0.1, 0.15) is 25.3 Å². The lowest BCUT2D eigenvalue weighted by molar-refractivity contribution is 0.179. The minimum absolute atomic E-state index is 0.211. The number of rotatable bonds is 7. The van der Waals surface area contributed by atoms with E-state index >= 15 is 0 Å². The number of nitrogens with one attached hydrogen (secondary N) is 2. The summed E-state index contributed by atoms with van der Waals surface area (Å²) in [5.41, 5.74) is 1.19. The molecular formula is C16H27N3O2. The summed E-state index contributed by atoms with van der Waals surface area (Å²) in [6, 6.07) is 8.30. The molecule has 0 spiro atoms. The van der Waals surface area contributed by atoms with Crippen LogP contribution in [0.4, 0.5) is 0 Å². The van der Waals surface area contributed by atoms with Crippen LogP contribution in [0.5, 0.6) is 5.75 Å². The summed E-state index contributed by atoms with van der Waals surface area (Å²) in [6.45, 7) is 5.64. The predicted octanol–water partition coefficient (Wildman–Crippen LogP) is 2.00. The van der Waals surface area contributed by atoms with Crippen LogP contribution in [0.15, 0.2) is 29.3 Å². The van der Waals surface area contributed by atoms with Gasteiger partial charge in [0, 0.05) is 32.7 Å². The Morgan fingerprint density at radius 1 is 1.24 bits per heavy atom. The van der Waals surface area contributed by atoms with Crippen molar-refractivity contribution < 1.29 is 9.47 Å². The van der Waals surface area contributed by atoms with Crippen molar-refractivity contribution in [3.63, 3.8) is 0 Å². The summed E-state index contributed by atoms with van der Waals surface area (Å²) >= 11 is 0. The lowest BCUT2D eigenvalue weighted by Crippen LogP contribution is -2.44. The van der Waals surface area contributed by atoms with Crippen molar-refractivity contribution in [2.45, 2.75) is 25.8 Å². The second kappa shape index (κ2) is 9.23. The van der Waals surface area contributed by atoms with Crippen LogP contribution in [-0.4, -0.2) is 46.4 Å². The second-order valence-electron chi connectivity index (χ2n) is 5.10. The maximum absolute atomic E-state index is 5.41. The van der Waals surface area contributed by atoms with Gasteiger partial charge in [-0.1, -0.05) is 25.1 Å². The molecule has 2 unspecified atom stereocenters. The Balaban J connectivity index is 2.56. The Hall–Kier alpha value is -1.75. The quantitative estimate of drug-likeness (QED) is 0.596. The minimum atomic E-state index is 0.211. The molecule has 0 amide bonds. The number of aliphatic imine (C=N–C) groups is 1. The average molecular weight is 293 g/mol. The molecule has 0 aliphatic heterocycles. The monoisotopic (exact) mass is 293 g/mol. The van der Waals surface area contributed by atoms with Crippen LogP contribution in [0, 0.1) is 0 Å². The van der Waals surface area contributed by atoms with Crippen molar-refractivity contribution in [3.05, 3.63) is 29.8 Å². The van der Waals surface area contributed by atoms with Gasteiger partial charge in [0.05, 0.1) is 13.7 Å². The second-order valence-corrected chi connectivity index (χ2v) is 5.10. The lowest BCUT2D eigenvalue weighted by Gasteiger charge is -2.20. The molecule has 1 rings (SSSR count). The van der Waals surface area contributed by atoms with Crippen LogP contribution in [0.3, 0.4) is 0 Å². The Morgan fingerprint density at radius 3 is 2.57 bits per heavy atom. The van der Waals surface area contributed by atoms with Gasteiger partial charge >= 0.3 is 0 Å². The van der Waals surface area contributed by atoms with E-state index in [0.717, 1.165) is 18.3 Å². The van der Waals surface area contributed by atoms with Gasteiger partial charge in [0.25, 0.3) is 0 Å². The molecule has 0 aliphatic rings. The fourth-order valence-corrected chi connectivity index (χ4v) is 2.15. The zero-order valence-electron chi connectivity index (χ0n) is 13.6. The molecule has 118 valence electrons. The summed E-state index contributed by atoms with van der Waals surface area (Å²) in [5.74, 6) is 2.02. The first-order chi connectivity index (χ1) is 10.1. The van der Waals surface area contributed by atoms with E-state index in [1.54, 1.807) is 21.3 Å². The zero-order valence-corrected chi connectivity index (χ0v) is 13.6. The molecule has 0 radical (unpaired) electrons. The third-order valence-electron chi connectivity index (χ3n) is 3.27. The highest BCUT2D eigenvalue weighted by molar-refractivity contribution is 5.80. The van der Waals surface area contributed by atoms with Crippen molar-refractivity contribution in [1.82, 2.24) is 10.6 Å². The maximum Gasteiger partial charge on any atom is 0.191 e. The number of guanidine groups is 1. The van der Waals surface area contributed by atoms with Crippen molar-refractivity contribution in [2.75, 3.05) is 34.4 Å². The van der Waals surface area contributed by atoms with Crippen LogP contribution < -0.4 is 15.4 Å². The molecule has 0 bridgehead atoms. The van der Waals surface area contributed by atoms with E-state index < -0.39 is 0 Å². The first-order valence-corrected chi connectivity index (χ1v) is 7.21. The van der Waals surface area contributed by atoms with Gasteiger partial charge < -0.3 is 20.1 Å². The van der Waals surface area contributed by atoms with Gasteiger partial charge in [0.2, 0.25) is 0 Å². The summed E-state index contributed by atoms with van der Waals surface area (Å²) in [5, 5.41) is 6.62. The Kier molecular flexibility index (Phi) is 7.61. The molecule has 0 saturated carbocycles. The van der Waals surface area contributed by atoms with Crippen molar-refractivity contribution in [2.24, 2.45) is 4.99 Å². The van der Waals surface area contributed by atoms with Gasteiger partial charge in [-0.15, -0.1) is 0 Å². The van der Waals surface area contributed by atoms with Crippen molar-refractivity contribution in [3.8, 4) is 5.75 Å². The van der Waals surface area contributed by atoms with Gasteiger partial charge in [-0.05, 0) is 18.6 Å². The molecule has 0 heterocycles. The summed E-state index contributed by atoms with van der Waals surface area (Å²) in [6.07, 6.45) is 0. The van der Waals surface area contributed by atoms with Gasteiger partial charge in [-0.25, -0.2) is 0 Å². The van der Waals surface area contributed by atoms with E-state index in [2.05, 4.69) is 35.5 Å². The minimum Gasteiger partial charge on any atom is -0.496 e. The third kappa shape index (κ3) is 5.63. The van der Waals surface area contributed by atoms with Gasteiger partial charge in [-0.2, -0.15) is 0 Å². The fraction of sp³-hybridized carbons (Fsp3) is 0.562. The maximum atomic E-state index is 5.41. The van der Waals surface area contributed by atoms with E-state index in [4.69, 9.17) is 9.47 Å². The molecular weight excluding hydrogens is 266 g/mol. The third-order valence-corrected chi connectivity index (χ3v) is 3.27. The first-order valence-electron chi connectivity index (χ1n) is 7.21. The van der Waals surface area contributed by atoms with E-state index in [-0.39, 0.29) is 6.04 Å². The molecule has 0 fully saturated rings. The molecule has 1 aromatic carbocycles. The zero-order chi connectivity index (χ0) is 15.7. The molecule has 5 heteroatoms. The number of hydrogen-bond donors (Lipinski definition) is 2. The fourth-order valence-electron chi connectivity index (χ4n) is 2.15. The normalized spacial score (nSPS) is 14.4. The Labute approximate surface area is 127 Å². The highest BCUT2D eigenvalue weighted by Gasteiger charge is 2.12. The molecule has 1 aromatic rings. The van der Waals surface area contributed by atoms with Gasteiger partial charge in [0.15, 0.2) is 5.96 Å². The topological polar surface area (TPSA) is 54.9 Å². The number of nitrogens with zero attached hydrogens (tertiary/aromatic N) is 1. The van der Waals surface area contributed by atoms with E-state index in [1.165, 1.54) is 5.56 Å². The van der Waals surface area contributed by atoms with Crippen LogP contribution in [-0.2, 0) is 4.74 Å². The number of para-hydroxylation sites is 1. The van der Waals surface area contributed by atoms with Crippen LogP contribution in [0.2, 0.25) is 0 Å². The molecule has 0 saturated heterocycles. The standard InChI is InChI=1S/C16H27N3O2/c1-12(14-8-6-7-9-15(14)21-5)10-18-16(17-3)19-13(2)11-20-4/h6-9,12-13H,10-11H2,1-5H3,(H2,17,18,19). The molecule has 2 N–H and O–H groups in total. The predicted molar refractivity (Wildman–Crippen MR) is 87.2 cm³/mol. The smallest absolute Gasteiger partial charge is 0.191 e. The summed E-state index contributed by atoms with van der Waals surface area (Å²) in [4.78, 5) is 4.23. The lowest BCUT2D eigenvalue weighted by atomic mass is 10.0. The van der Waals surface area contributed by atoms with Gasteiger partial charge in [0.1, 0.15) is 5.75 Å². The highest BCUT2D eigenvalue weighted by Crippen LogP contribution is 2.25. The Morgan fingerprint density at radius 2 is 1.95 bits per heavy atom. The first kappa shape index (κ1) is 17.3. The van der Waals surface area contributed by atoms with E-state index in [1.807, 2.05) is 18.2 Å². The van der Waals surface area contributed by atoms with Gasteiger partial charge in [-0.3, -0.25) is 4.99 Å². The largest absolute Gasteiger partial charge is 0.496 e. The number of hydrogen-bond acceptors (Lipinski definition) is 3. The highest BCUT2D eigenvalue weighted by atomic mass is 16.5.